The topological polar surface area (TPSA) is 66.9 Å². The first kappa shape index (κ1) is 16.2. The molecule has 0 spiro atoms. The Hall–Kier alpha value is -3.25. The van der Waals surface area contributed by atoms with Gasteiger partial charge < -0.3 is 10.6 Å². The van der Waals surface area contributed by atoms with Crippen molar-refractivity contribution in [2.45, 2.75) is 6.92 Å². The van der Waals surface area contributed by atoms with Crippen molar-refractivity contribution in [3.63, 3.8) is 0 Å². The van der Waals surface area contributed by atoms with E-state index in [0.29, 0.717) is 17.1 Å². The van der Waals surface area contributed by atoms with Crippen LogP contribution in [-0.2, 0) is 0 Å². The van der Waals surface area contributed by atoms with Crippen LogP contribution < -0.4 is 10.6 Å². The maximum atomic E-state index is 12.8. The Bertz CT molecular complexity index is 1090. The highest BCUT2D eigenvalue weighted by molar-refractivity contribution is 7.17. The molecule has 128 valence electrons. The summed E-state index contributed by atoms with van der Waals surface area (Å²) in [5, 5.41) is 17.1. The van der Waals surface area contributed by atoms with E-state index in [0.717, 1.165) is 21.3 Å². The predicted molar refractivity (Wildman–Crippen MR) is 106 cm³/mol. The molecule has 5 nitrogen and oxygen atoms in total. The van der Waals surface area contributed by atoms with Crippen LogP contribution in [-0.4, -0.2) is 16.1 Å². The molecular weight excluding hydrogens is 344 g/mol. The third-order valence-electron chi connectivity index (χ3n) is 4.09. The minimum Gasteiger partial charge on any atom is -0.337 e. The van der Waals surface area contributed by atoms with Gasteiger partial charge in [-0.2, -0.15) is 5.10 Å². The fraction of sp³-hybridized carbons (Fsp3) is 0.0500. The van der Waals surface area contributed by atoms with E-state index in [1.807, 2.05) is 60.8 Å². The number of fused-ring (bicyclic) bond motifs is 1. The first-order chi connectivity index (χ1) is 12.7. The number of carbonyl (C=O) groups is 1. The number of carbonyl (C=O) groups excluding carboxylic acids is 1. The molecule has 0 fully saturated rings. The number of nitrogens with zero attached hydrogens (tertiary/aromatic N) is 2. The monoisotopic (exact) mass is 360 g/mol. The average Bonchev–Trinajstić information content (AvgIpc) is 3.09. The Balaban J connectivity index is 1.63. The molecule has 4 aromatic rings. The number of aryl methyl sites for hydroxylation is 1. The fourth-order valence-corrected chi connectivity index (χ4v) is 3.65. The maximum absolute atomic E-state index is 12.8. The van der Waals surface area contributed by atoms with Crippen molar-refractivity contribution in [2.24, 2.45) is 0 Å². The van der Waals surface area contributed by atoms with Gasteiger partial charge in [0.25, 0.3) is 5.91 Å². The molecule has 0 aliphatic carbocycles. The maximum Gasteiger partial charge on any atom is 0.257 e. The van der Waals surface area contributed by atoms with E-state index in [2.05, 4.69) is 20.8 Å². The van der Waals surface area contributed by atoms with Gasteiger partial charge in [-0.25, -0.2) is 0 Å². The van der Waals surface area contributed by atoms with Crippen LogP contribution >= 0.6 is 11.3 Å². The minimum atomic E-state index is -0.164. The number of hydrogen-bond acceptors (Lipinski definition) is 5. The summed E-state index contributed by atoms with van der Waals surface area (Å²) in [6.45, 7) is 2.01. The molecule has 0 aliphatic heterocycles. The molecule has 2 heterocycles. The summed E-state index contributed by atoms with van der Waals surface area (Å²) >= 11 is 1.56. The van der Waals surface area contributed by atoms with Crippen LogP contribution in [0.2, 0.25) is 0 Å². The summed E-state index contributed by atoms with van der Waals surface area (Å²) < 4.78 is 1.09. The second-order valence-corrected chi connectivity index (χ2v) is 6.74. The smallest absolute Gasteiger partial charge is 0.257 e. The van der Waals surface area contributed by atoms with Crippen molar-refractivity contribution in [1.29, 1.82) is 0 Å². The van der Waals surface area contributed by atoms with Gasteiger partial charge in [-0.15, -0.1) is 16.4 Å². The third kappa shape index (κ3) is 3.14. The van der Waals surface area contributed by atoms with E-state index < -0.39 is 0 Å². The summed E-state index contributed by atoms with van der Waals surface area (Å²) in [5.74, 6) is 0.345. The van der Waals surface area contributed by atoms with E-state index in [1.54, 1.807) is 23.6 Å². The van der Waals surface area contributed by atoms with Crippen molar-refractivity contribution >= 4 is 44.5 Å². The van der Waals surface area contributed by atoms with Crippen molar-refractivity contribution < 1.29 is 4.79 Å². The molecule has 2 aromatic heterocycles. The quantitative estimate of drug-likeness (QED) is 0.538. The SMILES string of the molecule is Cc1ccccc1Nc1nnccc1NC(=O)c1csc2ccccc12. The standard InChI is InChI=1S/C20H16N4OS/c1-13-6-2-4-8-16(13)22-19-17(10-11-21-24-19)23-20(25)15-12-26-18-9-5-3-7-14(15)18/h2-12H,1H3,(H,22,24)(H,21,23,25). The molecule has 6 heteroatoms. The van der Waals surface area contributed by atoms with Gasteiger partial charge in [0.1, 0.15) is 0 Å². The second-order valence-electron chi connectivity index (χ2n) is 5.83. The van der Waals surface area contributed by atoms with Crippen molar-refractivity contribution in [3.05, 3.63) is 77.3 Å². The number of amides is 1. The summed E-state index contributed by atoms with van der Waals surface area (Å²) in [4.78, 5) is 12.8. The van der Waals surface area contributed by atoms with Gasteiger partial charge in [0, 0.05) is 21.2 Å². The highest BCUT2D eigenvalue weighted by Crippen LogP contribution is 2.28. The van der Waals surface area contributed by atoms with Crippen LogP contribution in [0.3, 0.4) is 0 Å². The molecule has 0 atom stereocenters. The first-order valence-corrected chi connectivity index (χ1v) is 9.02. The fourth-order valence-electron chi connectivity index (χ4n) is 2.71. The number of aromatic nitrogens is 2. The van der Waals surface area contributed by atoms with Gasteiger partial charge in [-0.05, 0) is 30.7 Å². The van der Waals surface area contributed by atoms with Crippen LogP contribution in [0.25, 0.3) is 10.1 Å². The molecule has 2 aromatic carbocycles. The zero-order valence-corrected chi connectivity index (χ0v) is 14.9. The number of thiophene rings is 1. The summed E-state index contributed by atoms with van der Waals surface area (Å²) in [6, 6.07) is 17.5. The number of rotatable bonds is 4. The van der Waals surface area contributed by atoms with Crippen LogP contribution in [0.4, 0.5) is 17.2 Å². The molecule has 0 saturated heterocycles. The number of benzene rings is 2. The lowest BCUT2D eigenvalue weighted by atomic mass is 10.1. The van der Waals surface area contributed by atoms with Gasteiger partial charge >= 0.3 is 0 Å². The van der Waals surface area contributed by atoms with Crippen LogP contribution in [0, 0.1) is 6.92 Å². The van der Waals surface area contributed by atoms with Gasteiger partial charge in [0.15, 0.2) is 5.82 Å². The molecule has 26 heavy (non-hydrogen) atoms. The Morgan fingerprint density at radius 2 is 1.81 bits per heavy atom. The van der Waals surface area contributed by atoms with E-state index >= 15 is 0 Å². The van der Waals surface area contributed by atoms with Crippen LogP contribution in [0.1, 0.15) is 15.9 Å². The molecule has 0 unspecified atom stereocenters. The van der Waals surface area contributed by atoms with Gasteiger partial charge in [0.05, 0.1) is 17.4 Å². The van der Waals surface area contributed by atoms with E-state index in [-0.39, 0.29) is 5.91 Å². The number of anilines is 3. The van der Waals surface area contributed by atoms with Crippen molar-refractivity contribution in [2.75, 3.05) is 10.6 Å². The summed E-state index contributed by atoms with van der Waals surface area (Å²) in [5.41, 5.74) is 3.25. The zero-order valence-electron chi connectivity index (χ0n) is 14.1. The number of para-hydroxylation sites is 1. The summed E-state index contributed by atoms with van der Waals surface area (Å²) in [6.07, 6.45) is 1.56. The zero-order chi connectivity index (χ0) is 17.9. The van der Waals surface area contributed by atoms with Crippen LogP contribution in [0.5, 0.6) is 0 Å². The van der Waals surface area contributed by atoms with Crippen molar-refractivity contribution in [1.82, 2.24) is 10.2 Å². The Morgan fingerprint density at radius 3 is 2.69 bits per heavy atom. The van der Waals surface area contributed by atoms with Crippen LogP contribution in [0.15, 0.2) is 66.2 Å². The van der Waals surface area contributed by atoms with Gasteiger partial charge in [-0.3, -0.25) is 4.79 Å². The number of hydrogen-bond donors (Lipinski definition) is 2. The van der Waals surface area contributed by atoms with E-state index in [4.69, 9.17) is 0 Å². The summed E-state index contributed by atoms with van der Waals surface area (Å²) in [7, 11) is 0. The van der Waals surface area contributed by atoms with Gasteiger partial charge in [0.2, 0.25) is 0 Å². The highest BCUT2D eigenvalue weighted by atomic mass is 32.1. The molecule has 0 bridgehead atoms. The lowest BCUT2D eigenvalue weighted by Gasteiger charge is -2.12. The Labute approximate surface area is 154 Å². The normalized spacial score (nSPS) is 10.7. The number of nitrogens with one attached hydrogen (secondary N) is 2. The first-order valence-electron chi connectivity index (χ1n) is 8.14. The van der Waals surface area contributed by atoms with Crippen molar-refractivity contribution in [3.8, 4) is 0 Å². The molecular formula is C20H16N4OS. The Morgan fingerprint density at radius 1 is 1.00 bits per heavy atom. The minimum absolute atomic E-state index is 0.164. The van der Waals surface area contributed by atoms with E-state index in [1.165, 1.54) is 0 Å². The Kier molecular flexibility index (Phi) is 4.33. The molecule has 1 amide bonds. The molecule has 0 aliphatic rings. The average molecular weight is 360 g/mol. The molecule has 2 N–H and O–H groups in total. The van der Waals surface area contributed by atoms with E-state index in [9.17, 15) is 4.79 Å². The largest absolute Gasteiger partial charge is 0.337 e. The second kappa shape index (κ2) is 6.93. The molecule has 0 radical (unpaired) electrons. The lowest BCUT2D eigenvalue weighted by molar-refractivity contribution is 0.102. The lowest BCUT2D eigenvalue weighted by Crippen LogP contribution is -2.13. The predicted octanol–water partition coefficient (Wildman–Crippen LogP) is 5.00. The molecule has 4 rings (SSSR count). The van der Waals surface area contributed by atoms with Gasteiger partial charge in [-0.1, -0.05) is 36.4 Å². The third-order valence-corrected chi connectivity index (χ3v) is 5.06. The molecule has 0 saturated carbocycles. The highest BCUT2D eigenvalue weighted by Gasteiger charge is 2.15.